The van der Waals surface area contributed by atoms with Crippen molar-refractivity contribution in [3.63, 3.8) is 0 Å². The molecule has 1 unspecified atom stereocenters. The smallest absolute Gasteiger partial charge is 0.306 e. The maximum atomic E-state index is 12.7. The monoisotopic (exact) mass is 791 g/mol. The molecule has 0 saturated heterocycles. The Hall–Kier alpha value is -3.67. The molecule has 0 radical (unpaired) electrons. The molecule has 0 saturated carbocycles. The van der Waals surface area contributed by atoms with E-state index in [1.54, 1.807) is 0 Å². The Morgan fingerprint density at radius 3 is 1.30 bits per heavy atom. The highest BCUT2D eigenvalue weighted by molar-refractivity contribution is 5.71. The number of hydrogen-bond donors (Lipinski definition) is 0. The van der Waals surface area contributed by atoms with Gasteiger partial charge in [0.05, 0.1) is 0 Å². The minimum atomic E-state index is -0.823. The lowest BCUT2D eigenvalue weighted by atomic mass is 10.1. The average Bonchev–Trinajstić information content (AvgIpc) is 3.21. The number of rotatable bonds is 39. The lowest BCUT2D eigenvalue weighted by Gasteiger charge is -2.18. The van der Waals surface area contributed by atoms with E-state index >= 15 is 0 Å². The van der Waals surface area contributed by atoms with Crippen LogP contribution in [-0.4, -0.2) is 37.2 Å². The van der Waals surface area contributed by atoms with Gasteiger partial charge in [-0.1, -0.05) is 208 Å². The molecule has 0 aromatic carbocycles. The molecule has 0 aromatic rings. The van der Waals surface area contributed by atoms with Crippen molar-refractivity contribution in [1.29, 1.82) is 0 Å². The van der Waals surface area contributed by atoms with Gasteiger partial charge in [-0.3, -0.25) is 14.4 Å². The van der Waals surface area contributed by atoms with Crippen LogP contribution in [0.3, 0.4) is 0 Å². The van der Waals surface area contributed by atoms with E-state index in [1.807, 2.05) is 66.8 Å². The number of esters is 3. The Bertz CT molecular complexity index is 1180. The van der Waals surface area contributed by atoms with Crippen molar-refractivity contribution in [1.82, 2.24) is 0 Å². The van der Waals surface area contributed by atoms with Crippen LogP contribution in [0.2, 0.25) is 0 Å². The second-order valence-corrected chi connectivity index (χ2v) is 14.7. The summed E-state index contributed by atoms with van der Waals surface area (Å²) in [5.74, 6) is -1.04. The first-order valence-electron chi connectivity index (χ1n) is 22.8. The van der Waals surface area contributed by atoms with E-state index in [1.165, 1.54) is 77.0 Å². The van der Waals surface area contributed by atoms with E-state index in [9.17, 15) is 14.4 Å². The second-order valence-electron chi connectivity index (χ2n) is 14.7. The van der Waals surface area contributed by atoms with Gasteiger partial charge in [0.2, 0.25) is 0 Å². The Kier molecular flexibility index (Phi) is 42.1. The molecule has 0 spiro atoms. The first-order valence-corrected chi connectivity index (χ1v) is 22.8. The van der Waals surface area contributed by atoms with Crippen LogP contribution in [0.25, 0.3) is 0 Å². The summed E-state index contributed by atoms with van der Waals surface area (Å²) in [6, 6.07) is 0. The lowest BCUT2D eigenvalue weighted by Crippen LogP contribution is -2.30. The van der Waals surface area contributed by atoms with Crippen LogP contribution < -0.4 is 0 Å². The molecular formula is C51H82O6. The largest absolute Gasteiger partial charge is 0.462 e. The van der Waals surface area contributed by atoms with Gasteiger partial charge in [0.25, 0.3) is 0 Å². The van der Waals surface area contributed by atoms with Crippen LogP contribution in [0.15, 0.2) is 97.2 Å². The standard InChI is InChI=1S/C51H82O6/c1-4-7-10-13-16-19-21-23-24-25-26-28-29-32-35-38-41-44-50(53)56-47-48(46-55-49(52)43-40-37-34-31-18-15-12-9-6-3)57-51(54)45-42-39-36-33-30-27-22-20-17-14-11-8-5-2/h7,10,13,16,19,21,23-30,36,39,48H,4-6,8-9,11-12,14-15,17-18,20,22,31-35,37-38,40-47H2,1-3H3/b10-7-,16-13-,21-19-,24-23-,26-25+,29-28-,30-27-,39-36-. The molecule has 57 heavy (non-hydrogen) atoms. The van der Waals surface area contributed by atoms with Gasteiger partial charge >= 0.3 is 17.9 Å². The number of carbonyl (C=O) groups is 3. The third-order valence-corrected chi connectivity index (χ3v) is 9.25. The molecule has 0 N–H and O–H groups in total. The van der Waals surface area contributed by atoms with E-state index in [4.69, 9.17) is 14.2 Å². The van der Waals surface area contributed by atoms with Crippen molar-refractivity contribution >= 4 is 17.9 Å². The minimum Gasteiger partial charge on any atom is -0.462 e. The van der Waals surface area contributed by atoms with E-state index in [0.29, 0.717) is 19.3 Å². The van der Waals surface area contributed by atoms with Gasteiger partial charge in [-0.15, -0.1) is 0 Å². The number of unbranched alkanes of at least 4 members (excludes halogenated alkanes) is 17. The van der Waals surface area contributed by atoms with Crippen molar-refractivity contribution in [3.05, 3.63) is 97.2 Å². The zero-order valence-electron chi connectivity index (χ0n) is 36.6. The zero-order valence-corrected chi connectivity index (χ0v) is 36.6. The highest BCUT2D eigenvalue weighted by atomic mass is 16.6. The Labute approximate surface area is 349 Å². The maximum absolute atomic E-state index is 12.7. The van der Waals surface area contributed by atoms with Crippen LogP contribution in [0.1, 0.15) is 188 Å². The van der Waals surface area contributed by atoms with Crippen LogP contribution in [0, 0.1) is 0 Å². The fourth-order valence-electron chi connectivity index (χ4n) is 5.82. The molecular weight excluding hydrogens is 709 g/mol. The van der Waals surface area contributed by atoms with Crippen molar-refractivity contribution in [2.45, 2.75) is 194 Å². The van der Waals surface area contributed by atoms with Gasteiger partial charge < -0.3 is 14.2 Å². The summed E-state index contributed by atoms with van der Waals surface area (Å²) >= 11 is 0. The molecule has 322 valence electrons. The normalized spacial score (nSPS) is 13.0. The van der Waals surface area contributed by atoms with Crippen LogP contribution >= 0.6 is 0 Å². The van der Waals surface area contributed by atoms with Crippen molar-refractivity contribution in [2.24, 2.45) is 0 Å². The summed E-state index contributed by atoms with van der Waals surface area (Å²) in [5, 5.41) is 0. The third-order valence-electron chi connectivity index (χ3n) is 9.25. The molecule has 0 aromatic heterocycles. The van der Waals surface area contributed by atoms with Gasteiger partial charge in [0, 0.05) is 19.3 Å². The predicted molar refractivity (Wildman–Crippen MR) is 242 cm³/mol. The Morgan fingerprint density at radius 1 is 0.386 bits per heavy atom. The van der Waals surface area contributed by atoms with Gasteiger partial charge in [-0.05, 0) is 57.8 Å². The predicted octanol–water partition coefficient (Wildman–Crippen LogP) is 14.6. The van der Waals surface area contributed by atoms with E-state index in [2.05, 4.69) is 51.2 Å². The molecule has 0 rings (SSSR count). The van der Waals surface area contributed by atoms with Crippen LogP contribution in [0.5, 0.6) is 0 Å². The Balaban J connectivity index is 4.54. The lowest BCUT2D eigenvalue weighted by molar-refractivity contribution is -0.166. The first kappa shape index (κ1) is 53.3. The molecule has 0 heterocycles. The molecule has 0 aliphatic rings. The highest BCUT2D eigenvalue weighted by Crippen LogP contribution is 2.12. The molecule has 1 atom stereocenters. The quantitative estimate of drug-likeness (QED) is 0.0203. The van der Waals surface area contributed by atoms with Gasteiger partial charge in [0.15, 0.2) is 6.10 Å². The second kappa shape index (κ2) is 45.0. The van der Waals surface area contributed by atoms with E-state index < -0.39 is 12.1 Å². The fraction of sp³-hybridized carbons (Fsp3) is 0.627. The highest BCUT2D eigenvalue weighted by Gasteiger charge is 2.19. The average molecular weight is 791 g/mol. The van der Waals surface area contributed by atoms with Crippen molar-refractivity contribution in [2.75, 3.05) is 13.2 Å². The number of allylic oxidation sites excluding steroid dienone is 16. The molecule has 0 aliphatic heterocycles. The SMILES string of the molecule is CC\C=C/C=C\C=C/C=C\C=C\C=C/CCCCCC(=O)OCC(COC(=O)CCCCCCCCCCC)OC(=O)CC/C=C\C/C=C\CCCCCCCC. The molecule has 6 heteroatoms. The van der Waals surface area contributed by atoms with Crippen molar-refractivity contribution in [3.8, 4) is 0 Å². The van der Waals surface area contributed by atoms with E-state index in [-0.39, 0.29) is 31.6 Å². The van der Waals surface area contributed by atoms with Crippen LogP contribution in [0.4, 0.5) is 0 Å². The topological polar surface area (TPSA) is 78.9 Å². The minimum absolute atomic E-state index is 0.115. The van der Waals surface area contributed by atoms with Gasteiger partial charge in [-0.2, -0.15) is 0 Å². The van der Waals surface area contributed by atoms with Gasteiger partial charge in [0.1, 0.15) is 13.2 Å². The maximum Gasteiger partial charge on any atom is 0.306 e. The Morgan fingerprint density at radius 2 is 0.789 bits per heavy atom. The molecule has 0 aliphatic carbocycles. The van der Waals surface area contributed by atoms with E-state index in [0.717, 1.165) is 64.2 Å². The van der Waals surface area contributed by atoms with Crippen LogP contribution in [-0.2, 0) is 28.6 Å². The van der Waals surface area contributed by atoms with Crippen molar-refractivity contribution < 1.29 is 28.6 Å². The molecule has 0 amide bonds. The number of carbonyl (C=O) groups excluding carboxylic acids is 3. The zero-order chi connectivity index (χ0) is 41.5. The fourth-order valence-corrected chi connectivity index (χ4v) is 5.82. The first-order chi connectivity index (χ1) is 28.0. The third kappa shape index (κ3) is 43.3. The summed E-state index contributed by atoms with van der Waals surface area (Å²) < 4.78 is 16.6. The molecule has 0 fully saturated rings. The summed E-state index contributed by atoms with van der Waals surface area (Å²) in [6.45, 7) is 6.34. The summed E-state index contributed by atoms with van der Waals surface area (Å²) in [6.07, 6.45) is 58.3. The molecule has 0 bridgehead atoms. The number of hydrogen-bond acceptors (Lipinski definition) is 6. The summed E-state index contributed by atoms with van der Waals surface area (Å²) in [7, 11) is 0. The summed E-state index contributed by atoms with van der Waals surface area (Å²) in [4.78, 5) is 37.7. The van der Waals surface area contributed by atoms with Gasteiger partial charge in [-0.25, -0.2) is 0 Å². The number of ether oxygens (including phenoxy) is 3. The summed E-state index contributed by atoms with van der Waals surface area (Å²) in [5.41, 5.74) is 0. The molecule has 6 nitrogen and oxygen atoms in total.